The summed E-state index contributed by atoms with van der Waals surface area (Å²) in [7, 11) is 5.02. The lowest BCUT2D eigenvalue weighted by Gasteiger charge is -2.50. The van der Waals surface area contributed by atoms with E-state index in [0.717, 1.165) is 24.0 Å². The Hall–Kier alpha value is -2.34. The van der Waals surface area contributed by atoms with Gasteiger partial charge in [0.25, 0.3) is 21.3 Å². The Kier molecular flexibility index (Phi) is 15.4. The normalized spacial score (nSPS) is 27.1. The number of hydrogen-bond donors (Lipinski definition) is 0. The lowest BCUT2D eigenvalue weighted by Crippen LogP contribution is -2.66. The lowest BCUT2D eigenvalue weighted by atomic mass is 9.62. The highest BCUT2D eigenvalue weighted by molar-refractivity contribution is 6.99. The number of ether oxygens (including phenoxy) is 11. The van der Waals surface area contributed by atoms with Gasteiger partial charge in [-0.05, 0) is 64.1 Å². The first-order valence-electron chi connectivity index (χ1n) is 20.1. The molecule has 2 fully saturated rings. The maximum Gasteiger partial charge on any atom is 0.273 e. The van der Waals surface area contributed by atoms with Gasteiger partial charge in [-0.15, -0.1) is 0 Å². The lowest BCUT2D eigenvalue weighted by molar-refractivity contribution is -0.373. The third-order valence-electron chi connectivity index (χ3n) is 12.1. The summed E-state index contributed by atoms with van der Waals surface area (Å²) < 4.78 is 73.5. The summed E-state index contributed by atoms with van der Waals surface area (Å²) in [5, 5.41) is 2.22. The van der Waals surface area contributed by atoms with Crippen LogP contribution in [0.3, 0.4) is 0 Å². The number of allylic oxidation sites excluding steroid dienone is 1. The van der Waals surface area contributed by atoms with Crippen LogP contribution in [0.1, 0.15) is 46.5 Å². The van der Waals surface area contributed by atoms with Crippen molar-refractivity contribution in [2.45, 2.75) is 76.5 Å². The quantitative estimate of drug-likeness (QED) is 0.0591. The van der Waals surface area contributed by atoms with Crippen molar-refractivity contribution in [1.29, 1.82) is 0 Å². The minimum atomic E-state index is -2.90. The Balaban J connectivity index is 1.42. The molecule has 2 saturated heterocycles. The van der Waals surface area contributed by atoms with Crippen molar-refractivity contribution in [2.75, 3.05) is 82.0 Å². The van der Waals surface area contributed by atoms with E-state index in [9.17, 15) is 0 Å². The van der Waals surface area contributed by atoms with Gasteiger partial charge in [-0.1, -0.05) is 93.6 Å². The SMILES string of the molecule is COCCOCOCC[C@H]1C=C2[C@@]3(CCO[Si](c4ccccc4)(c4ccccc4)C(C)(C)C)CC(COC(OC)OC)=C[C@H]4[C@@H]1CCO[C@@]24OC3OC(OC)OC. The Morgan fingerprint density at radius 1 is 0.789 bits per heavy atom. The zero-order valence-electron chi connectivity index (χ0n) is 35.1. The van der Waals surface area contributed by atoms with Gasteiger partial charge in [0.1, 0.15) is 6.79 Å². The molecular weight excluding hydrogens is 749 g/mol. The molecule has 0 aromatic heterocycles. The molecular formula is C44H64O12Si. The summed E-state index contributed by atoms with van der Waals surface area (Å²) in [5.41, 5.74) is 1.39. The smallest absolute Gasteiger partial charge is 0.273 e. The highest BCUT2D eigenvalue weighted by atomic mass is 28.4. The second-order valence-electron chi connectivity index (χ2n) is 16.3. The number of rotatable bonds is 23. The van der Waals surface area contributed by atoms with Gasteiger partial charge < -0.3 is 51.8 Å². The molecule has 6 rings (SSSR count). The van der Waals surface area contributed by atoms with E-state index in [1.165, 1.54) is 10.4 Å². The Morgan fingerprint density at radius 3 is 2.05 bits per heavy atom. The van der Waals surface area contributed by atoms with Crippen LogP contribution >= 0.6 is 0 Å². The third-order valence-corrected chi connectivity index (χ3v) is 17.1. The van der Waals surface area contributed by atoms with Crippen LogP contribution in [0.25, 0.3) is 0 Å². The zero-order chi connectivity index (χ0) is 40.5. The van der Waals surface area contributed by atoms with Crippen LogP contribution in [0.4, 0.5) is 0 Å². The molecule has 5 bridgehead atoms. The minimum absolute atomic E-state index is 0.118. The topological polar surface area (TPSA) is 111 Å². The average molecular weight is 813 g/mol. The van der Waals surface area contributed by atoms with E-state index >= 15 is 0 Å². The molecule has 0 N–H and O–H groups in total. The first-order valence-corrected chi connectivity index (χ1v) is 22.0. The predicted octanol–water partition coefficient (Wildman–Crippen LogP) is 5.74. The molecule has 12 nitrogen and oxygen atoms in total. The summed E-state index contributed by atoms with van der Waals surface area (Å²) in [5.74, 6) is -0.766. The van der Waals surface area contributed by atoms with Crippen LogP contribution in [0.15, 0.2) is 84.0 Å². The summed E-state index contributed by atoms with van der Waals surface area (Å²) in [4.78, 5) is 0. The molecule has 6 atom stereocenters. The van der Waals surface area contributed by atoms with Crippen molar-refractivity contribution < 1.29 is 56.5 Å². The van der Waals surface area contributed by atoms with E-state index in [0.29, 0.717) is 45.9 Å². The largest absolute Gasteiger partial charge is 0.407 e. The molecule has 2 aliphatic heterocycles. The van der Waals surface area contributed by atoms with Gasteiger partial charge in [0.15, 0.2) is 6.29 Å². The Bertz CT molecular complexity index is 1550. The van der Waals surface area contributed by atoms with E-state index in [1.54, 1.807) is 35.5 Å². The van der Waals surface area contributed by atoms with Crippen molar-refractivity contribution in [3.05, 3.63) is 84.0 Å². The molecule has 2 heterocycles. The summed E-state index contributed by atoms with van der Waals surface area (Å²) in [6, 6.07) is 21.4. The predicted molar refractivity (Wildman–Crippen MR) is 216 cm³/mol. The highest BCUT2D eigenvalue weighted by Crippen LogP contribution is 2.66. The molecule has 316 valence electrons. The fourth-order valence-electron chi connectivity index (χ4n) is 9.61. The van der Waals surface area contributed by atoms with E-state index < -0.39 is 38.8 Å². The van der Waals surface area contributed by atoms with Crippen LogP contribution in [0.5, 0.6) is 0 Å². The van der Waals surface area contributed by atoms with Crippen molar-refractivity contribution in [1.82, 2.24) is 0 Å². The van der Waals surface area contributed by atoms with E-state index in [-0.39, 0.29) is 36.2 Å². The molecule has 1 spiro atoms. The molecule has 0 saturated carbocycles. The second-order valence-corrected chi connectivity index (χ2v) is 20.6. The van der Waals surface area contributed by atoms with E-state index in [2.05, 4.69) is 93.6 Å². The Labute approximate surface area is 340 Å². The van der Waals surface area contributed by atoms with Gasteiger partial charge in [0.05, 0.1) is 38.4 Å². The van der Waals surface area contributed by atoms with Gasteiger partial charge >= 0.3 is 0 Å². The van der Waals surface area contributed by atoms with Gasteiger partial charge in [-0.25, -0.2) is 0 Å². The van der Waals surface area contributed by atoms with E-state index in [4.69, 9.17) is 56.5 Å². The van der Waals surface area contributed by atoms with Crippen LogP contribution in [0.2, 0.25) is 5.04 Å². The summed E-state index contributed by atoms with van der Waals surface area (Å²) in [6.07, 6.45) is 6.72. The fraction of sp³-hybridized carbons (Fsp3) is 0.636. The fourth-order valence-corrected chi connectivity index (χ4v) is 14.2. The third kappa shape index (κ3) is 9.07. The molecule has 4 aliphatic rings. The van der Waals surface area contributed by atoms with Gasteiger partial charge in [-0.3, -0.25) is 4.74 Å². The van der Waals surface area contributed by atoms with Gasteiger partial charge in [0.2, 0.25) is 5.79 Å². The van der Waals surface area contributed by atoms with Crippen molar-refractivity contribution in [3.8, 4) is 0 Å². The van der Waals surface area contributed by atoms with Crippen LogP contribution < -0.4 is 10.4 Å². The summed E-state index contributed by atoms with van der Waals surface area (Å²) >= 11 is 0. The zero-order valence-corrected chi connectivity index (χ0v) is 36.1. The average Bonchev–Trinajstić information content (AvgIpc) is 3.41. The standard InChI is InChI=1S/C44H64O12Si/c1-42(2,3)57(34-15-11-9-12-16-34,35-17-13-10-14-18-35)54-24-21-43-29-32(30-52-40(46-5)47-6)27-37-36-20-23-53-44(37,56-39(43)55-41(48-7)49-8)38(43)28-33(36)19-22-50-31-51-26-25-45-4/h9-18,27-28,33,36-37,39-41H,19-26,29-31H2,1-8H3/t33-,36+,37-,39?,43+,44-/m0/s1. The van der Waals surface area contributed by atoms with Crippen molar-refractivity contribution >= 4 is 18.7 Å². The minimum Gasteiger partial charge on any atom is -0.407 e. The second kappa shape index (κ2) is 19.8. The van der Waals surface area contributed by atoms with Gasteiger partial charge in [-0.2, -0.15) is 0 Å². The number of hydrogen-bond acceptors (Lipinski definition) is 12. The highest BCUT2D eigenvalue weighted by Gasteiger charge is 2.70. The number of methoxy groups -OCH3 is 5. The molecule has 57 heavy (non-hydrogen) atoms. The maximum absolute atomic E-state index is 7.58. The first kappa shape index (κ1) is 44.2. The Morgan fingerprint density at radius 2 is 1.44 bits per heavy atom. The van der Waals surface area contributed by atoms with Crippen LogP contribution in [-0.2, 0) is 56.5 Å². The molecule has 2 aromatic carbocycles. The molecule has 2 aromatic rings. The van der Waals surface area contributed by atoms with Crippen LogP contribution in [0, 0.1) is 23.2 Å². The van der Waals surface area contributed by atoms with Gasteiger partial charge in [0, 0.05) is 48.1 Å². The molecule has 13 heteroatoms. The monoisotopic (exact) mass is 812 g/mol. The van der Waals surface area contributed by atoms with Crippen molar-refractivity contribution in [3.63, 3.8) is 0 Å². The number of benzene rings is 2. The summed E-state index contributed by atoms with van der Waals surface area (Å²) in [6.45, 7) is 8.11. The molecule has 0 radical (unpaired) electrons. The first-order chi connectivity index (χ1) is 27.6. The van der Waals surface area contributed by atoms with E-state index in [1.807, 2.05) is 0 Å². The molecule has 0 amide bonds. The van der Waals surface area contributed by atoms with Crippen LogP contribution in [-0.4, -0.2) is 115 Å². The molecule has 1 unspecified atom stereocenters. The maximum atomic E-state index is 7.58. The molecule has 2 aliphatic carbocycles. The van der Waals surface area contributed by atoms with Crippen molar-refractivity contribution in [2.24, 2.45) is 23.2 Å².